The second-order valence-corrected chi connectivity index (χ2v) is 11.4. The molecule has 4 rings (SSSR count). The SMILES string of the molecule is C[C@@H]1CN(c2ncnc3c2C(C)(C)CN3c2cc(C(F)F)c(C#N)cn2)[C@@H](C)CN1C(=O)OC(C)(C)C. The summed E-state index contributed by atoms with van der Waals surface area (Å²) >= 11 is 0. The van der Waals surface area contributed by atoms with Crippen LogP contribution in [0.4, 0.5) is 31.0 Å². The quantitative estimate of drug-likeness (QED) is 0.569. The highest BCUT2D eigenvalue weighted by atomic mass is 19.3. The number of hydrogen-bond donors (Lipinski definition) is 0. The molecule has 2 atom stereocenters. The summed E-state index contributed by atoms with van der Waals surface area (Å²) < 4.78 is 32.9. The van der Waals surface area contributed by atoms with Crippen molar-refractivity contribution >= 4 is 23.5 Å². The Balaban J connectivity index is 1.69. The van der Waals surface area contributed by atoms with Gasteiger partial charge in [0.2, 0.25) is 0 Å². The fourth-order valence-corrected chi connectivity index (χ4v) is 5.01. The van der Waals surface area contributed by atoms with Crippen molar-refractivity contribution in [1.82, 2.24) is 19.9 Å². The zero-order valence-corrected chi connectivity index (χ0v) is 22.3. The van der Waals surface area contributed by atoms with Gasteiger partial charge < -0.3 is 19.4 Å². The van der Waals surface area contributed by atoms with Crippen LogP contribution in [-0.2, 0) is 10.2 Å². The fraction of sp³-hybridized carbons (Fsp3) is 0.577. The Morgan fingerprint density at radius 1 is 1.16 bits per heavy atom. The highest BCUT2D eigenvalue weighted by Gasteiger charge is 2.44. The number of piperazine rings is 1. The Morgan fingerprint density at radius 3 is 2.46 bits per heavy atom. The van der Waals surface area contributed by atoms with Crippen molar-refractivity contribution in [3.8, 4) is 6.07 Å². The molecular weight excluding hydrogens is 480 g/mol. The van der Waals surface area contributed by atoms with Gasteiger partial charge in [0.1, 0.15) is 35.5 Å². The average molecular weight is 514 g/mol. The number of halogens is 2. The Kier molecular flexibility index (Phi) is 6.73. The minimum atomic E-state index is -2.80. The molecule has 2 aliphatic rings. The number of fused-ring (bicyclic) bond motifs is 1. The molecular formula is C26H33F2N7O2. The second kappa shape index (κ2) is 9.39. The lowest BCUT2D eigenvalue weighted by atomic mass is 9.87. The van der Waals surface area contributed by atoms with E-state index in [2.05, 4.69) is 33.7 Å². The summed E-state index contributed by atoms with van der Waals surface area (Å²) in [5, 5.41) is 9.20. The first-order chi connectivity index (χ1) is 17.2. The molecule has 1 amide bonds. The van der Waals surface area contributed by atoms with Gasteiger partial charge in [0.15, 0.2) is 0 Å². The number of nitrogens with zero attached hydrogens (tertiary/aromatic N) is 7. The third-order valence-electron chi connectivity index (χ3n) is 6.73. The van der Waals surface area contributed by atoms with Crippen LogP contribution < -0.4 is 9.80 Å². The molecule has 0 aliphatic carbocycles. The zero-order valence-electron chi connectivity index (χ0n) is 22.3. The van der Waals surface area contributed by atoms with Crippen molar-refractivity contribution in [3.05, 3.63) is 35.3 Å². The second-order valence-electron chi connectivity index (χ2n) is 11.4. The van der Waals surface area contributed by atoms with E-state index >= 15 is 0 Å². The largest absolute Gasteiger partial charge is 0.444 e. The van der Waals surface area contributed by atoms with Gasteiger partial charge in [0.25, 0.3) is 6.43 Å². The van der Waals surface area contributed by atoms with Crippen LogP contribution in [0.2, 0.25) is 0 Å². The fourth-order valence-electron chi connectivity index (χ4n) is 5.01. The van der Waals surface area contributed by atoms with E-state index in [1.807, 2.05) is 34.6 Å². The molecule has 0 radical (unpaired) electrons. The van der Waals surface area contributed by atoms with E-state index in [-0.39, 0.29) is 29.3 Å². The van der Waals surface area contributed by atoms with Crippen LogP contribution in [0.15, 0.2) is 18.6 Å². The normalized spacial score (nSPS) is 21.2. The van der Waals surface area contributed by atoms with Crippen molar-refractivity contribution in [2.24, 2.45) is 0 Å². The number of ether oxygens (including phenoxy) is 1. The lowest BCUT2D eigenvalue weighted by Crippen LogP contribution is -2.59. The Hall–Kier alpha value is -3.55. The molecule has 4 heterocycles. The van der Waals surface area contributed by atoms with Crippen molar-refractivity contribution in [3.63, 3.8) is 0 Å². The molecule has 0 unspecified atom stereocenters. The van der Waals surface area contributed by atoms with E-state index < -0.39 is 17.4 Å². The van der Waals surface area contributed by atoms with Crippen LogP contribution in [0.1, 0.15) is 71.6 Å². The highest BCUT2D eigenvalue weighted by molar-refractivity contribution is 5.74. The van der Waals surface area contributed by atoms with Crippen LogP contribution in [0, 0.1) is 11.3 Å². The molecule has 1 fully saturated rings. The zero-order chi connectivity index (χ0) is 27.3. The molecule has 0 aromatic carbocycles. The number of alkyl halides is 2. The number of anilines is 3. The maximum absolute atomic E-state index is 13.6. The summed E-state index contributed by atoms with van der Waals surface area (Å²) in [4.78, 5) is 32.0. The summed E-state index contributed by atoms with van der Waals surface area (Å²) in [6, 6.07) is 2.88. The minimum Gasteiger partial charge on any atom is -0.444 e. The van der Waals surface area contributed by atoms with Gasteiger partial charge in [-0.2, -0.15) is 5.26 Å². The van der Waals surface area contributed by atoms with E-state index in [0.29, 0.717) is 31.3 Å². The first-order valence-corrected chi connectivity index (χ1v) is 12.3. The molecule has 0 bridgehead atoms. The van der Waals surface area contributed by atoms with Gasteiger partial charge in [-0.15, -0.1) is 0 Å². The predicted octanol–water partition coefficient (Wildman–Crippen LogP) is 4.94. The Labute approximate surface area is 216 Å². The average Bonchev–Trinajstić information content (AvgIpc) is 3.09. The molecule has 1 saturated heterocycles. The minimum absolute atomic E-state index is 0.0500. The Bertz CT molecular complexity index is 1240. The van der Waals surface area contributed by atoms with Gasteiger partial charge in [0, 0.05) is 54.5 Å². The molecule has 9 nitrogen and oxygen atoms in total. The van der Waals surface area contributed by atoms with Gasteiger partial charge in [-0.05, 0) is 40.7 Å². The van der Waals surface area contributed by atoms with E-state index in [1.165, 1.54) is 18.6 Å². The van der Waals surface area contributed by atoms with Gasteiger partial charge in [-0.3, -0.25) is 0 Å². The van der Waals surface area contributed by atoms with E-state index in [4.69, 9.17) is 4.74 Å². The Morgan fingerprint density at radius 2 is 1.84 bits per heavy atom. The topological polar surface area (TPSA) is 98.5 Å². The van der Waals surface area contributed by atoms with E-state index in [1.54, 1.807) is 15.9 Å². The van der Waals surface area contributed by atoms with Crippen molar-refractivity contribution in [2.45, 2.75) is 78.0 Å². The lowest BCUT2D eigenvalue weighted by molar-refractivity contribution is 0.0129. The van der Waals surface area contributed by atoms with Gasteiger partial charge in [0.05, 0.1) is 5.56 Å². The summed E-state index contributed by atoms with van der Waals surface area (Å²) in [5.74, 6) is 1.66. The smallest absolute Gasteiger partial charge is 0.410 e. The van der Waals surface area contributed by atoms with Crippen molar-refractivity contribution in [2.75, 3.05) is 29.4 Å². The van der Waals surface area contributed by atoms with Crippen LogP contribution >= 0.6 is 0 Å². The standard InChI is InChI=1S/C26H33F2N7O2/c1-15-12-34(24(36)37-25(3,4)5)16(2)11-33(15)22-20-23(32-14-31-22)35(13-26(20,6)7)19-8-18(21(27)28)17(9-29)10-30-19/h8,10,14-16,21H,11-13H2,1-7H3/t15-,16+/m0/s1. The molecule has 198 valence electrons. The van der Waals surface area contributed by atoms with Gasteiger partial charge >= 0.3 is 6.09 Å². The molecule has 2 aromatic heterocycles. The number of carbonyl (C=O) groups excluding carboxylic acids is 1. The summed E-state index contributed by atoms with van der Waals surface area (Å²) in [6.07, 6.45) is -0.481. The first-order valence-electron chi connectivity index (χ1n) is 12.3. The van der Waals surface area contributed by atoms with Crippen LogP contribution in [0.3, 0.4) is 0 Å². The number of hydrogen-bond acceptors (Lipinski definition) is 8. The number of amides is 1. The predicted molar refractivity (Wildman–Crippen MR) is 135 cm³/mol. The highest BCUT2D eigenvalue weighted by Crippen LogP contribution is 2.47. The maximum Gasteiger partial charge on any atom is 0.410 e. The molecule has 37 heavy (non-hydrogen) atoms. The van der Waals surface area contributed by atoms with Crippen LogP contribution in [0.5, 0.6) is 0 Å². The number of rotatable bonds is 3. The molecule has 0 spiro atoms. The van der Waals surface area contributed by atoms with Crippen molar-refractivity contribution in [1.29, 1.82) is 5.26 Å². The number of carbonyl (C=O) groups is 1. The molecule has 2 aromatic rings. The molecule has 11 heteroatoms. The first kappa shape index (κ1) is 26.5. The van der Waals surface area contributed by atoms with Crippen molar-refractivity contribution < 1.29 is 18.3 Å². The van der Waals surface area contributed by atoms with Gasteiger partial charge in [-0.1, -0.05) is 13.8 Å². The number of aromatic nitrogens is 3. The van der Waals surface area contributed by atoms with Gasteiger partial charge in [-0.25, -0.2) is 28.5 Å². The maximum atomic E-state index is 13.6. The third kappa shape index (κ3) is 5.02. The molecule has 2 aliphatic heterocycles. The summed E-state index contributed by atoms with van der Waals surface area (Å²) in [7, 11) is 0. The number of pyridine rings is 1. The van der Waals surface area contributed by atoms with E-state index in [9.17, 15) is 18.8 Å². The number of nitriles is 1. The third-order valence-corrected chi connectivity index (χ3v) is 6.73. The van der Waals surface area contributed by atoms with Crippen LogP contribution in [-0.4, -0.2) is 63.3 Å². The molecule has 0 N–H and O–H groups in total. The monoisotopic (exact) mass is 513 g/mol. The summed E-state index contributed by atoms with van der Waals surface area (Å²) in [6.45, 7) is 15.1. The summed E-state index contributed by atoms with van der Waals surface area (Å²) in [5.41, 5.74) is -0.607. The molecule has 0 saturated carbocycles. The van der Waals surface area contributed by atoms with E-state index in [0.717, 1.165) is 11.4 Å². The van der Waals surface area contributed by atoms with Crippen LogP contribution in [0.25, 0.3) is 0 Å². The lowest BCUT2D eigenvalue weighted by Gasteiger charge is -2.45.